The van der Waals surface area contributed by atoms with Gasteiger partial charge in [-0.3, -0.25) is 9.88 Å². The van der Waals surface area contributed by atoms with Crippen LogP contribution in [0.15, 0.2) is 24.5 Å². The van der Waals surface area contributed by atoms with Crippen molar-refractivity contribution in [2.45, 2.75) is 38.3 Å². The second kappa shape index (κ2) is 9.34. The second-order valence-electron chi connectivity index (χ2n) is 6.22. The van der Waals surface area contributed by atoms with Gasteiger partial charge in [0.05, 0.1) is 0 Å². The lowest BCUT2D eigenvalue weighted by atomic mass is 10.0. The van der Waals surface area contributed by atoms with Gasteiger partial charge in [0.25, 0.3) is 0 Å². The zero-order valence-electron chi connectivity index (χ0n) is 13.8. The quantitative estimate of drug-likeness (QED) is 0.804. The van der Waals surface area contributed by atoms with Crippen molar-refractivity contribution in [3.05, 3.63) is 30.1 Å². The number of hydrogen-bond donors (Lipinski definition) is 2. The number of carboxylic acid groups (broad SMARTS) is 2. The maximum absolute atomic E-state index is 9.10. The fourth-order valence-corrected chi connectivity index (χ4v) is 3.30. The van der Waals surface area contributed by atoms with Crippen LogP contribution in [0.2, 0.25) is 0 Å². The lowest BCUT2D eigenvalue weighted by Gasteiger charge is -2.36. The topological polar surface area (TPSA) is 94.0 Å². The summed E-state index contributed by atoms with van der Waals surface area (Å²) in [6.45, 7) is 6.28. The maximum Gasteiger partial charge on any atom is 0.414 e. The highest BCUT2D eigenvalue weighted by molar-refractivity contribution is 6.27. The SMILES string of the molecule is O=C(O)C(=O)O.c1cc(CN2CCC(N3CCCC3)CC2)ccn1. The van der Waals surface area contributed by atoms with Crippen LogP contribution >= 0.6 is 0 Å². The molecule has 24 heavy (non-hydrogen) atoms. The van der Waals surface area contributed by atoms with E-state index in [1.165, 1.54) is 57.4 Å². The Hall–Kier alpha value is -1.99. The molecule has 0 saturated carbocycles. The lowest BCUT2D eigenvalue weighted by molar-refractivity contribution is -0.159. The zero-order valence-corrected chi connectivity index (χ0v) is 13.8. The van der Waals surface area contributed by atoms with Gasteiger partial charge in [0.1, 0.15) is 0 Å². The summed E-state index contributed by atoms with van der Waals surface area (Å²) in [6.07, 6.45) is 9.32. The van der Waals surface area contributed by atoms with Crippen LogP contribution in [0.25, 0.3) is 0 Å². The minimum absolute atomic E-state index is 0.862. The van der Waals surface area contributed by atoms with Crippen LogP contribution in [0.3, 0.4) is 0 Å². The smallest absolute Gasteiger partial charge is 0.414 e. The second-order valence-corrected chi connectivity index (χ2v) is 6.22. The first kappa shape index (κ1) is 18.4. The number of carbonyl (C=O) groups is 2. The molecule has 132 valence electrons. The van der Waals surface area contributed by atoms with E-state index in [-0.39, 0.29) is 0 Å². The third kappa shape index (κ3) is 5.90. The van der Waals surface area contributed by atoms with Crippen LogP contribution in [0, 0.1) is 0 Å². The van der Waals surface area contributed by atoms with E-state index in [0.29, 0.717) is 0 Å². The van der Waals surface area contributed by atoms with E-state index >= 15 is 0 Å². The summed E-state index contributed by atoms with van der Waals surface area (Å²) in [4.78, 5) is 27.6. The van der Waals surface area contributed by atoms with Crippen molar-refractivity contribution in [3.63, 3.8) is 0 Å². The predicted molar refractivity (Wildman–Crippen MR) is 88.6 cm³/mol. The van der Waals surface area contributed by atoms with Crippen molar-refractivity contribution in [1.29, 1.82) is 0 Å². The Labute approximate surface area is 141 Å². The summed E-state index contributed by atoms with van der Waals surface area (Å²) in [5.74, 6) is -3.65. The first-order valence-electron chi connectivity index (χ1n) is 8.38. The molecule has 0 atom stereocenters. The third-order valence-corrected chi connectivity index (χ3v) is 4.55. The molecule has 2 fully saturated rings. The fraction of sp³-hybridized carbons (Fsp3) is 0.588. The Morgan fingerprint density at radius 1 is 1.00 bits per heavy atom. The number of pyridine rings is 1. The van der Waals surface area contributed by atoms with Crippen molar-refractivity contribution in [1.82, 2.24) is 14.8 Å². The predicted octanol–water partition coefficient (Wildman–Crippen LogP) is 1.30. The summed E-state index contributed by atoms with van der Waals surface area (Å²) < 4.78 is 0. The van der Waals surface area contributed by atoms with E-state index in [1.807, 2.05) is 12.4 Å². The van der Waals surface area contributed by atoms with E-state index in [9.17, 15) is 0 Å². The molecule has 1 aromatic rings. The van der Waals surface area contributed by atoms with Crippen LogP contribution in [0.5, 0.6) is 0 Å². The molecular formula is C17H25N3O4. The number of carboxylic acids is 2. The largest absolute Gasteiger partial charge is 0.473 e. The number of piperidine rings is 1. The molecule has 1 aromatic heterocycles. The van der Waals surface area contributed by atoms with Gasteiger partial charge >= 0.3 is 11.9 Å². The summed E-state index contributed by atoms with van der Waals surface area (Å²) in [5, 5.41) is 14.8. The minimum atomic E-state index is -1.82. The van der Waals surface area contributed by atoms with Gasteiger partial charge in [-0.2, -0.15) is 0 Å². The van der Waals surface area contributed by atoms with Crippen molar-refractivity contribution in [3.8, 4) is 0 Å². The molecule has 3 heterocycles. The number of hydrogen-bond acceptors (Lipinski definition) is 5. The summed E-state index contributed by atoms with van der Waals surface area (Å²) in [5.41, 5.74) is 1.39. The maximum atomic E-state index is 9.10. The molecule has 2 aliphatic heterocycles. The van der Waals surface area contributed by atoms with Crippen LogP contribution in [-0.2, 0) is 16.1 Å². The molecule has 0 unspecified atom stereocenters. The monoisotopic (exact) mass is 335 g/mol. The van der Waals surface area contributed by atoms with Gasteiger partial charge in [-0.15, -0.1) is 0 Å². The molecule has 7 heteroatoms. The van der Waals surface area contributed by atoms with Crippen molar-refractivity contribution < 1.29 is 19.8 Å². The molecule has 0 aliphatic carbocycles. The first-order valence-corrected chi connectivity index (χ1v) is 8.38. The fourth-order valence-electron chi connectivity index (χ4n) is 3.30. The summed E-state index contributed by atoms with van der Waals surface area (Å²) in [6, 6.07) is 5.13. The Bertz CT molecular complexity index is 512. The van der Waals surface area contributed by atoms with E-state index in [1.54, 1.807) is 0 Å². The Kier molecular flexibility index (Phi) is 7.14. The van der Waals surface area contributed by atoms with Crippen LogP contribution in [0.1, 0.15) is 31.2 Å². The molecule has 0 bridgehead atoms. The van der Waals surface area contributed by atoms with Crippen molar-refractivity contribution in [2.24, 2.45) is 0 Å². The number of aliphatic carboxylic acids is 2. The molecule has 2 N–H and O–H groups in total. The van der Waals surface area contributed by atoms with E-state index in [0.717, 1.165) is 12.6 Å². The highest BCUT2D eigenvalue weighted by atomic mass is 16.4. The third-order valence-electron chi connectivity index (χ3n) is 4.55. The summed E-state index contributed by atoms with van der Waals surface area (Å²) >= 11 is 0. The zero-order chi connectivity index (χ0) is 17.4. The molecule has 2 saturated heterocycles. The molecule has 3 rings (SSSR count). The molecular weight excluding hydrogens is 310 g/mol. The highest BCUT2D eigenvalue weighted by Crippen LogP contribution is 2.21. The Balaban J connectivity index is 0.000000301. The molecule has 0 aromatic carbocycles. The van der Waals surface area contributed by atoms with Gasteiger partial charge in [0.15, 0.2) is 0 Å². The van der Waals surface area contributed by atoms with Gasteiger partial charge in [-0.25, -0.2) is 9.59 Å². The molecule has 7 nitrogen and oxygen atoms in total. The average molecular weight is 335 g/mol. The van der Waals surface area contributed by atoms with Crippen LogP contribution in [-0.4, -0.2) is 69.2 Å². The number of aromatic nitrogens is 1. The van der Waals surface area contributed by atoms with Gasteiger partial charge in [-0.1, -0.05) is 0 Å². The minimum Gasteiger partial charge on any atom is -0.473 e. The summed E-state index contributed by atoms with van der Waals surface area (Å²) in [7, 11) is 0. The van der Waals surface area contributed by atoms with E-state index in [2.05, 4.69) is 26.9 Å². The lowest BCUT2D eigenvalue weighted by Crippen LogP contribution is -2.43. The van der Waals surface area contributed by atoms with Crippen LogP contribution in [0.4, 0.5) is 0 Å². The molecule has 0 radical (unpaired) electrons. The van der Waals surface area contributed by atoms with Gasteiger partial charge in [0.2, 0.25) is 0 Å². The Morgan fingerprint density at radius 3 is 2.04 bits per heavy atom. The molecule has 0 amide bonds. The first-order chi connectivity index (χ1) is 11.6. The average Bonchev–Trinajstić information content (AvgIpc) is 3.11. The molecule has 2 aliphatic rings. The van der Waals surface area contributed by atoms with Gasteiger partial charge < -0.3 is 15.1 Å². The number of likely N-dealkylation sites (tertiary alicyclic amines) is 2. The highest BCUT2D eigenvalue weighted by Gasteiger charge is 2.26. The van der Waals surface area contributed by atoms with E-state index in [4.69, 9.17) is 19.8 Å². The molecule has 0 spiro atoms. The van der Waals surface area contributed by atoms with Gasteiger partial charge in [0, 0.05) is 25.0 Å². The van der Waals surface area contributed by atoms with Crippen molar-refractivity contribution >= 4 is 11.9 Å². The van der Waals surface area contributed by atoms with Crippen molar-refractivity contribution in [2.75, 3.05) is 26.2 Å². The Morgan fingerprint density at radius 2 is 1.54 bits per heavy atom. The number of nitrogens with zero attached hydrogens (tertiary/aromatic N) is 3. The van der Waals surface area contributed by atoms with Gasteiger partial charge in [-0.05, 0) is 69.6 Å². The normalized spacial score (nSPS) is 19.5. The standard InChI is InChI=1S/C15H23N3.C2H2O4/c1-2-10-18(9-1)15-5-11-17(12-6-15)13-14-3-7-16-8-4-14;3-1(4)2(5)6/h3-4,7-8,15H,1-2,5-6,9-13H2;(H,3,4)(H,5,6). The number of rotatable bonds is 3. The van der Waals surface area contributed by atoms with E-state index < -0.39 is 11.9 Å². The van der Waals surface area contributed by atoms with Crippen LogP contribution < -0.4 is 0 Å².